The fraction of sp³-hybridized carbons (Fsp3) is 0.304. The normalized spacial score (nSPS) is 15.8. The third kappa shape index (κ3) is 7.11. The Hall–Kier alpha value is -3.39. The Bertz CT molecular complexity index is 907. The molecule has 1 saturated heterocycles. The van der Waals surface area contributed by atoms with Crippen LogP contribution in [0.4, 0.5) is 9.18 Å². The van der Waals surface area contributed by atoms with E-state index in [4.69, 9.17) is 10.5 Å². The summed E-state index contributed by atoms with van der Waals surface area (Å²) >= 11 is 0. The fourth-order valence-corrected chi connectivity index (χ4v) is 3.00. The molecule has 1 aromatic carbocycles. The molecule has 166 valence electrons. The number of nitrogens with two attached hydrogens (primary N) is 1. The Labute approximate surface area is 183 Å². The second kappa shape index (κ2) is 11.7. The summed E-state index contributed by atoms with van der Waals surface area (Å²) in [6.07, 6.45) is 5.93. The molecule has 7 nitrogen and oxygen atoms in total. The van der Waals surface area contributed by atoms with E-state index in [1.165, 1.54) is 6.07 Å². The average molecular weight is 428 g/mol. The number of ether oxygens (including phenoxy) is 1. The molecule has 0 aliphatic carbocycles. The zero-order valence-electron chi connectivity index (χ0n) is 18.1. The molecule has 1 fully saturated rings. The topological polar surface area (TPSA) is 83.2 Å². The molecule has 1 aliphatic heterocycles. The molecule has 0 aromatic heterocycles. The van der Waals surface area contributed by atoms with Crippen LogP contribution in [0.5, 0.6) is 0 Å². The molecule has 8 heteroatoms. The van der Waals surface area contributed by atoms with Crippen molar-refractivity contribution in [2.24, 2.45) is 10.8 Å². The molecule has 1 aromatic rings. The lowest BCUT2D eigenvalue weighted by Gasteiger charge is -2.18. The minimum absolute atomic E-state index is 0.283. The van der Waals surface area contributed by atoms with Gasteiger partial charge in [-0.1, -0.05) is 30.9 Å². The second-order valence-electron chi connectivity index (χ2n) is 7.12. The van der Waals surface area contributed by atoms with Gasteiger partial charge in [-0.15, -0.1) is 0 Å². The van der Waals surface area contributed by atoms with E-state index in [0.717, 1.165) is 12.0 Å². The highest BCUT2D eigenvalue weighted by molar-refractivity contribution is 5.77. The minimum Gasteiger partial charge on any atom is -0.397 e. The van der Waals surface area contributed by atoms with Gasteiger partial charge < -0.3 is 20.7 Å². The summed E-state index contributed by atoms with van der Waals surface area (Å²) in [6.45, 7) is 11.4. The maximum absolute atomic E-state index is 13.9. The number of benzene rings is 1. The van der Waals surface area contributed by atoms with E-state index in [0.29, 0.717) is 43.1 Å². The Morgan fingerprint density at radius 1 is 1.42 bits per heavy atom. The largest absolute Gasteiger partial charge is 0.397 e. The van der Waals surface area contributed by atoms with Crippen molar-refractivity contribution in [1.29, 1.82) is 0 Å². The second-order valence-corrected chi connectivity index (χ2v) is 7.12. The van der Waals surface area contributed by atoms with E-state index < -0.39 is 0 Å². The highest BCUT2D eigenvalue weighted by Crippen LogP contribution is 2.18. The van der Waals surface area contributed by atoms with Crippen LogP contribution in [-0.4, -0.2) is 56.0 Å². The Kier molecular flexibility index (Phi) is 9.02. The summed E-state index contributed by atoms with van der Waals surface area (Å²) in [6, 6.07) is 6.22. The van der Waals surface area contributed by atoms with Crippen LogP contribution in [0.1, 0.15) is 18.9 Å². The zero-order valence-corrected chi connectivity index (χ0v) is 18.1. The number of hydrogen-bond donors (Lipinski definition) is 2. The van der Waals surface area contributed by atoms with Gasteiger partial charge in [0.1, 0.15) is 5.82 Å². The van der Waals surface area contributed by atoms with Gasteiger partial charge in [-0.3, -0.25) is 5.01 Å². The molecule has 0 bridgehead atoms. The van der Waals surface area contributed by atoms with Gasteiger partial charge in [0.25, 0.3) is 0 Å². The van der Waals surface area contributed by atoms with Gasteiger partial charge in [0.05, 0.1) is 24.5 Å². The number of carbonyl (C=O) groups excluding carboxylic acids is 1. The number of carbonyl (C=O) groups is 1. The number of hydrazone groups is 1. The molecule has 2 amide bonds. The fourth-order valence-electron chi connectivity index (χ4n) is 3.00. The van der Waals surface area contributed by atoms with Crippen molar-refractivity contribution in [2.45, 2.75) is 13.3 Å². The van der Waals surface area contributed by atoms with Crippen molar-refractivity contribution in [3.05, 3.63) is 77.5 Å². The summed E-state index contributed by atoms with van der Waals surface area (Å²) in [4.78, 5) is 14.2. The number of nitrogens with zero attached hydrogens (tertiary/aromatic N) is 3. The standard InChI is InChI=1S/C23H30FN5O2/c1-17(20-7-5-6-8-21(20)24)9-10-22(25)18(2)27-23(30)28-12-11-19(15-28)16-29(26-3)13-14-31-4/h5-10,16H,2-3,11-15,25H2,1,4H3,(H,27,30)/b17-9+,19-16+,22-10+. The quantitative estimate of drug-likeness (QED) is 0.359. The first-order valence-corrected chi connectivity index (χ1v) is 9.91. The zero-order chi connectivity index (χ0) is 22.8. The van der Waals surface area contributed by atoms with Crippen LogP contribution >= 0.6 is 0 Å². The number of likely N-dealkylation sites (tertiary alicyclic amines) is 1. The summed E-state index contributed by atoms with van der Waals surface area (Å²) < 4.78 is 18.9. The maximum Gasteiger partial charge on any atom is 0.322 e. The van der Waals surface area contributed by atoms with Crippen molar-refractivity contribution in [1.82, 2.24) is 15.2 Å². The van der Waals surface area contributed by atoms with E-state index in [9.17, 15) is 9.18 Å². The van der Waals surface area contributed by atoms with E-state index in [-0.39, 0.29) is 17.5 Å². The molecular formula is C23H30FN5O2. The van der Waals surface area contributed by atoms with E-state index in [1.807, 2.05) is 6.20 Å². The summed E-state index contributed by atoms with van der Waals surface area (Å²) in [5.41, 5.74) is 8.88. The average Bonchev–Trinajstić information content (AvgIpc) is 3.23. The molecule has 3 N–H and O–H groups in total. The van der Waals surface area contributed by atoms with Crippen molar-refractivity contribution in [2.75, 3.05) is 33.4 Å². The molecular weight excluding hydrogens is 397 g/mol. The monoisotopic (exact) mass is 427 g/mol. The number of methoxy groups -OCH3 is 1. The Morgan fingerprint density at radius 2 is 2.16 bits per heavy atom. The van der Waals surface area contributed by atoms with Crippen molar-refractivity contribution in [3.8, 4) is 0 Å². The molecule has 2 rings (SSSR count). The molecule has 0 spiro atoms. The van der Waals surface area contributed by atoms with Crippen LogP contribution in [0.25, 0.3) is 5.57 Å². The minimum atomic E-state index is -0.305. The molecule has 1 aliphatic rings. The highest BCUT2D eigenvalue weighted by atomic mass is 19.1. The third-order valence-electron chi connectivity index (χ3n) is 4.84. The van der Waals surface area contributed by atoms with E-state index in [1.54, 1.807) is 54.3 Å². The number of urea groups is 1. The predicted octanol–water partition coefficient (Wildman–Crippen LogP) is 3.45. The van der Waals surface area contributed by atoms with Gasteiger partial charge in [0.15, 0.2) is 0 Å². The predicted molar refractivity (Wildman–Crippen MR) is 122 cm³/mol. The van der Waals surface area contributed by atoms with Crippen LogP contribution in [0, 0.1) is 5.82 Å². The van der Waals surface area contributed by atoms with Gasteiger partial charge in [-0.05, 0) is 36.6 Å². The number of rotatable bonds is 9. The number of halogens is 1. The van der Waals surface area contributed by atoms with E-state index >= 15 is 0 Å². The molecule has 0 unspecified atom stereocenters. The van der Waals surface area contributed by atoms with E-state index in [2.05, 4.69) is 23.7 Å². The smallest absolute Gasteiger partial charge is 0.322 e. The lowest BCUT2D eigenvalue weighted by atomic mass is 10.1. The van der Waals surface area contributed by atoms with Crippen LogP contribution < -0.4 is 11.1 Å². The Balaban J connectivity index is 1.94. The van der Waals surface area contributed by atoms with Crippen molar-refractivity contribution >= 4 is 18.3 Å². The van der Waals surface area contributed by atoms with Gasteiger partial charge in [-0.25, -0.2) is 9.18 Å². The first kappa shape index (κ1) is 23.9. The van der Waals surface area contributed by atoms with Gasteiger partial charge in [-0.2, -0.15) is 5.10 Å². The molecule has 1 heterocycles. The van der Waals surface area contributed by atoms with Crippen LogP contribution in [0.15, 0.2) is 71.3 Å². The summed E-state index contributed by atoms with van der Waals surface area (Å²) in [7, 11) is 1.63. The van der Waals surface area contributed by atoms with Crippen LogP contribution in [0.3, 0.4) is 0 Å². The molecule has 0 saturated carbocycles. The lowest BCUT2D eigenvalue weighted by Crippen LogP contribution is -2.38. The number of allylic oxidation sites excluding steroid dienone is 3. The van der Waals surface area contributed by atoms with Crippen LogP contribution in [0.2, 0.25) is 0 Å². The third-order valence-corrected chi connectivity index (χ3v) is 4.84. The summed E-state index contributed by atoms with van der Waals surface area (Å²) in [5, 5.41) is 8.35. The first-order chi connectivity index (χ1) is 14.8. The highest BCUT2D eigenvalue weighted by Gasteiger charge is 2.22. The number of hydrogen-bond acceptors (Lipinski definition) is 5. The maximum atomic E-state index is 13.9. The van der Waals surface area contributed by atoms with Gasteiger partial charge in [0, 0.05) is 38.7 Å². The lowest BCUT2D eigenvalue weighted by molar-refractivity contribution is 0.171. The van der Waals surface area contributed by atoms with Crippen molar-refractivity contribution < 1.29 is 13.9 Å². The molecule has 0 radical (unpaired) electrons. The van der Waals surface area contributed by atoms with Crippen molar-refractivity contribution in [3.63, 3.8) is 0 Å². The summed E-state index contributed by atoms with van der Waals surface area (Å²) in [5.74, 6) is -0.305. The first-order valence-electron chi connectivity index (χ1n) is 9.91. The Morgan fingerprint density at radius 3 is 2.84 bits per heavy atom. The van der Waals surface area contributed by atoms with Gasteiger partial charge >= 0.3 is 6.03 Å². The number of amides is 2. The van der Waals surface area contributed by atoms with Crippen LogP contribution in [-0.2, 0) is 4.74 Å². The number of nitrogens with one attached hydrogen (secondary N) is 1. The molecule has 31 heavy (non-hydrogen) atoms. The van der Waals surface area contributed by atoms with Gasteiger partial charge in [0.2, 0.25) is 0 Å². The SMILES string of the molecule is C=NN(/C=C1\CCN(C(=O)NC(=C)/C(N)=C\C=C(/C)c2ccccc2F)C1)CCOC. The molecule has 0 atom stereocenters.